The third-order valence-electron chi connectivity index (χ3n) is 2.83. The van der Waals surface area contributed by atoms with Gasteiger partial charge in [0.25, 0.3) is 0 Å². The van der Waals surface area contributed by atoms with E-state index in [9.17, 15) is 4.39 Å². The summed E-state index contributed by atoms with van der Waals surface area (Å²) in [6.07, 6.45) is 1.52. The van der Waals surface area contributed by atoms with Gasteiger partial charge in [0, 0.05) is 18.8 Å². The van der Waals surface area contributed by atoms with Crippen molar-refractivity contribution in [1.29, 1.82) is 0 Å². The number of pyridine rings is 1. The third kappa shape index (κ3) is 4.69. The summed E-state index contributed by atoms with van der Waals surface area (Å²) in [5.74, 6) is 0.604. The van der Waals surface area contributed by atoms with E-state index in [1.807, 2.05) is 0 Å². The molecule has 1 aromatic carbocycles. The fraction of sp³-hybridized carbons (Fsp3) is 0.312. The van der Waals surface area contributed by atoms with E-state index in [-0.39, 0.29) is 5.75 Å². The normalized spacial score (nSPS) is 10.9. The smallest absolute Gasteiger partial charge is 0.219 e. The highest BCUT2D eigenvalue weighted by Crippen LogP contribution is 2.25. The number of nitrogens with one attached hydrogen (secondary N) is 1. The minimum atomic E-state index is -0.422. The molecule has 0 aliphatic carbocycles. The lowest BCUT2D eigenvalue weighted by molar-refractivity contribution is 0.426. The Morgan fingerprint density at radius 2 is 2.10 bits per heavy atom. The number of rotatable bonds is 6. The highest BCUT2D eigenvalue weighted by molar-refractivity contribution is 6.31. The summed E-state index contributed by atoms with van der Waals surface area (Å²) < 4.78 is 19.0. The number of hydrogen-bond acceptors (Lipinski definition) is 3. The monoisotopic (exact) mass is 308 g/mol. The highest BCUT2D eigenvalue weighted by atomic mass is 35.5. The second-order valence-corrected chi connectivity index (χ2v) is 5.58. The van der Waals surface area contributed by atoms with Crippen LogP contribution in [-0.2, 0) is 6.54 Å². The maximum atomic E-state index is 13.6. The molecule has 2 aromatic rings. The predicted octanol–water partition coefficient (Wildman–Crippen LogP) is 4.41. The van der Waals surface area contributed by atoms with Gasteiger partial charge < -0.3 is 10.1 Å². The Hall–Kier alpha value is -1.65. The van der Waals surface area contributed by atoms with Gasteiger partial charge in [-0.2, -0.15) is 0 Å². The van der Waals surface area contributed by atoms with E-state index in [1.165, 1.54) is 12.3 Å². The summed E-state index contributed by atoms with van der Waals surface area (Å²) in [5.41, 5.74) is 0.874. The van der Waals surface area contributed by atoms with Gasteiger partial charge in [-0.1, -0.05) is 37.6 Å². The van der Waals surface area contributed by atoms with Crippen molar-refractivity contribution in [2.45, 2.75) is 20.4 Å². The first-order chi connectivity index (χ1) is 10.1. The van der Waals surface area contributed by atoms with E-state index >= 15 is 0 Å². The summed E-state index contributed by atoms with van der Waals surface area (Å²) in [4.78, 5) is 4.07. The van der Waals surface area contributed by atoms with Gasteiger partial charge in [0.1, 0.15) is 0 Å². The maximum Gasteiger partial charge on any atom is 0.219 e. The topological polar surface area (TPSA) is 34.1 Å². The van der Waals surface area contributed by atoms with Gasteiger partial charge in [-0.25, -0.2) is 9.37 Å². The number of aromatic nitrogens is 1. The van der Waals surface area contributed by atoms with Crippen molar-refractivity contribution in [3.63, 3.8) is 0 Å². The number of benzene rings is 1. The average molecular weight is 309 g/mol. The van der Waals surface area contributed by atoms with E-state index in [0.29, 0.717) is 23.4 Å². The lowest BCUT2D eigenvalue weighted by Gasteiger charge is -2.11. The Labute approximate surface area is 129 Å². The molecule has 1 heterocycles. The highest BCUT2D eigenvalue weighted by Gasteiger charge is 2.08. The molecule has 1 aromatic heterocycles. The van der Waals surface area contributed by atoms with Crippen molar-refractivity contribution in [1.82, 2.24) is 10.3 Å². The standard InChI is InChI=1S/C16H18ClFN2O/c1-11(2)8-19-9-12-7-16(20-10-13(12)17)21-15-6-4-3-5-14(15)18/h3-7,10-11,19H,8-9H2,1-2H3. The molecule has 0 radical (unpaired) electrons. The fourth-order valence-corrected chi connectivity index (χ4v) is 1.96. The zero-order valence-electron chi connectivity index (χ0n) is 12.1. The zero-order valence-corrected chi connectivity index (χ0v) is 12.8. The van der Waals surface area contributed by atoms with E-state index in [4.69, 9.17) is 16.3 Å². The second-order valence-electron chi connectivity index (χ2n) is 5.17. The van der Waals surface area contributed by atoms with Crippen LogP contribution in [0.2, 0.25) is 5.02 Å². The molecule has 1 N–H and O–H groups in total. The van der Waals surface area contributed by atoms with E-state index < -0.39 is 5.82 Å². The van der Waals surface area contributed by atoms with Crippen molar-refractivity contribution in [3.8, 4) is 11.6 Å². The Balaban J connectivity index is 2.09. The molecule has 3 nitrogen and oxygen atoms in total. The van der Waals surface area contributed by atoms with Crippen LogP contribution in [0.5, 0.6) is 11.6 Å². The molecule has 5 heteroatoms. The number of halogens is 2. The van der Waals surface area contributed by atoms with Crippen LogP contribution in [0.15, 0.2) is 36.5 Å². The Bertz CT molecular complexity index is 605. The second kappa shape index (κ2) is 7.38. The predicted molar refractivity (Wildman–Crippen MR) is 82.3 cm³/mol. The molecule has 0 unspecified atom stereocenters. The van der Waals surface area contributed by atoms with Crippen LogP contribution in [-0.4, -0.2) is 11.5 Å². The van der Waals surface area contributed by atoms with Crippen molar-refractivity contribution in [2.75, 3.05) is 6.54 Å². The first kappa shape index (κ1) is 15.7. The van der Waals surface area contributed by atoms with E-state index in [2.05, 4.69) is 24.1 Å². The van der Waals surface area contributed by atoms with Crippen molar-refractivity contribution in [2.24, 2.45) is 5.92 Å². The first-order valence-corrected chi connectivity index (χ1v) is 7.21. The van der Waals surface area contributed by atoms with Crippen LogP contribution in [0.25, 0.3) is 0 Å². The summed E-state index contributed by atoms with van der Waals surface area (Å²) in [6.45, 7) is 5.77. The van der Waals surface area contributed by atoms with Gasteiger partial charge in [-0.15, -0.1) is 0 Å². The average Bonchev–Trinajstić information content (AvgIpc) is 2.44. The van der Waals surface area contributed by atoms with Gasteiger partial charge in [0.05, 0.1) is 5.02 Å². The number of ether oxygens (including phenoxy) is 1. The van der Waals surface area contributed by atoms with Crippen molar-refractivity contribution >= 4 is 11.6 Å². The lowest BCUT2D eigenvalue weighted by atomic mass is 10.2. The number of hydrogen-bond donors (Lipinski definition) is 1. The molecule has 112 valence electrons. The molecule has 0 bridgehead atoms. The molecule has 0 spiro atoms. The SMILES string of the molecule is CC(C)CNCc1cc(Oc2ccccc2F)ncc1Cl. The largest absolute Gasteiger partial charge is 0.436 e. The summed E-state index contributed by atoms with van der Waals surface area (Å²) in [7, 11) is 0. The van der Waals surface area contributed by atoms with E-state index in [1.54, 1.807) is 24.3 Å². The van der Waals surface area contributed by atoms with Crippen LogP contribution < -0.4 is 10.1 Å². The van der Waals surface area contributed by atoms with Crippen LogP contribution >= 0.6 is 11.6 Å². The number of para-hydroxylation sites is 1. The quantitative estimate of drug-likeness (QED) is 0.858. The van der Waals surface area contributed by atoms with Crippen LogP contribution in [0, 0.1) is 11.7 Å². The minimum absolute atomic E-state index is 0.147. The van der Waals surface area contributed by atoms with E-state index in [0.717, 1.165) is 12.1 Å². The molecule has 0 aliphatic rings. The molecule has 21 heavy (non-hydrogen) atoms. The molecular weight excluding hydrogens is 291 g/mol. The lowest BCUT2D eigenvalue weighted by Crippen LogP contribution is -2.19. The van der Waals surface area contributed by atoms with Gasteiger partial charge in [0.2, 0.25) is 5.88 Å². The van der Waals surface area contributed by atoms with Crippen LogP contribution in [0.3, 0.4) is 0 Å². The first-order valence-electron chi connectivity index (χ1n) is 6.84. The molecule has 0 fully saturated rings. The molecule has 0 aliphatic heterocycles. The Kier molecular flexibility index (Phi) is 5.53. The third-order valence-corrected chi connectivity index (χ3v) is 3.17. The maximum absolute atomic E-state index is 13.6. The Morgan fingerprint density at radius 3 is 2.81 bits per heavy atom. The zero-order chi connectivity index (χ0) is 15.2. The van der Waals surface area contributed by atoms with Gasteiger partial charge >= 0.3 is 0 Å². The Morgan fingerprint density at radius 1 is 1.33 bits per heavy atom. The van der Waals surface area contributed by atoms with Gasteiger partial charge in [-0.05, 0) is 30.2 Å². The molecule has 0 saturated carbocycles. The summed E-state index contributed by atoms with van der Waals surface area (Å²) >= 11 is 6.11. The molecule has 2 rings (SSSR count). The molecule has 0 saturated heterocycles. The van der Waals surface area contributed by atoms with Gasteiger partial charge in [0.15, 0.2) is 11.6 Å². The summed E-state index contributed by atoms with van der Waals surface area (Å²) in [6, 6.07) is 7.94. The molecule has 0 atom stereocenters. The minimum Gasteiger partial charge on any atom is -0.436 e. The fourth-order valence-electron chi connectivity index (χ4n) is 1.79. The van der Waals surface area contributed by atoms with Crippen LogP contribution in [0.1, 0.15) is 19.4 Å². The molecular formula is C16H18ClFN2O. The van der Waals surface area contributed by atoms with Crippen molar-refractivity contribution < 1.29 is 9.13 Å². The van der Waals surface area contributed by atoms with Crippen LogP contribution in [0.4, 0.5) is 4.39 Å². The van der Waals surface area contributed by atoms with Gasteiger partial charge in [-0.3, -0.25) is 0 Å². The number of nitrogens with zero attached hydrogens (tertiary/aromatic N) is 1. The van der Waals surface area contributed by atoms with Crippen molar-refractivity contribution in [3.05, 3.63) is 52.9 Å². The molecule has 0 amide bonds. The summed E-state index contributed by atoms with van der Waals surface area (Å²) in [5, 5.41) is 3.86.